The van der Waals surface area contributed by atoms with Crippen molar-refractivity contribution in [2.45, 2.75) is 18.9 Å². The Bertz CT molecular complexity index is 395. The van der Waals surface area contributed by atoms with Crippen molar-refractivity contribution in [2.24, 2.45) is 0 Å². The molecule has 0 saturated carbocycles. The van der Waals surface area contributed by atoms with E-state index in [9.17, 15) is 13.6 Å². The number of hydrogen-bond acceptors (Lipinski definition) is 1. The predicted molar refractivity (Wildman–Crippen MR) is 46.5 cm³/mol. The Labute approximate surface area is 79.9 Å². The fourth-order valence-electron chi connectivity index (χ4n) is 1.71. The van der Waals surface area contributed by atoms with E-state index in [1.165, 1.54) is 12.1 Å². The topological polar surface area (TPSA) is 29.1 Å². The Morgan fingerprint density at radius 2 is 2.07 bits per heavy atom. The lowest BCUT2D eigenvalue weighted by atomic mass is 9.82. The minimum atomic E-state index is -0.672. The van der Waals surface area contributed by atoms with Crippen LogP contribution in [0.3, 0.4) is 0 Å². The van der Waals surface area contributed by atoms with E-state index in [0.29, 0.717) is 5.56 Å². The maximum absolute atomic E-state index is 13.3. The molecule has 0 radical (unpaired) electrons. The van der Waals surface area contributed by atoms with Crippen molar-refractivity contribution >= 4 is 5.91 Å². The molecule has 1 N–H and O–H groups in total. The fraction of sp³-hybridized carbons (Fsp3) is 0.300. The van der Waals surface area contributed by atoms with Gasteiger partial charge in [0.2, 0.25) is 5.91 Å². The molecule has 14 heavy (non-hydrogen) atoms. The Balaban J connectivity index is 2.37. The summed E-state index contributed by atoms with van der Waals surface area (Å²) < 4.78 is 25.9. The van der Waals surface area contributed by atoms with Crippen LogP contribution in [0.15, 0.2) is 18.2 Å². The zero-order chi connectivity index (χ0) is 10.3. The molecule has 0 bridgehead atoms. The van der Waals surface area contributed by atoms with E-state index < -0.39 is 17.2 Å². The summed E-state index contributed by atoms with van der Waals surface area (Å²) >= 11 is 0. The van der Waals surface area contributed by atoms with Gasteiger partial charge in [-0.1, -0.05) is 6.07 Å². The lowest BCUT2D eigenvalue weighted by Gasteiger charge is -2.39. The number of benzene rings is 1. The number of carbonyl (C=O) groups excluding carboxylic acids is 1. The summed E-state index contributed by atoms with van der Waals surface area (Å²) in [7, 11) is 0. The number of halogens is 2. The lowest BCUT2D eigenvalue weighted by Crippen LogP contribution is -2.56. The molecule has 1 atom stereocenters. The van der Waals surface area contributed by atoms with Crippen LogP contribution in [0.2, 0.25) is 0 Å². The van der Waals surface area contributed by atoms with Gasteiger partial charge in [-0.15, -0.1) is 0 Å². The average Bonchev–Trinajstić information content (AvgIpc) is 2.00. The van der Waals surface area contributed by atoms with E-state index in [4.69, 9.17) is 0 Å². The molecule has 1 aliphatic rings. The lowest BCUT2D eigenvalue weighted by molar-refractivity contribution is -0.132. The van der Waals surface area contributed by atoms with Gasteiger partial charge in [0.05, 0.1) is 12.0 Å². The first-order valence-electron chi connectivity index (χ1n) is 4.28. The maximum atomic E-state index is 13.3. The molecule has 1 aromatic carbocycles. The third kappa shape index (κ3) is 1.27. The van der Waals surface area contributed by atoms with E-state index in [-0.39, 0.29) is 12.3 Å². The summed E-state index contributed by atoms with van der Waals surface area (Å²) in [5.74, 6) is -1.34. The summed E-state index contributed by atoms with van der Waals surface area (Å²) in [6, 6.07) is 3.38. The molecule has 2 nitrogen and oxygen atoms in total. The molecule has 0 aromatic heterocycles. The molecule has 1 amide bonds. The Hall–Kier alpha value is -1.45. The van der Waals surface area contributed by atoms with Gasteiger partial charge in [-0.05, 0) is 13.0 Å². The first-order chi connectivity index (χ1) is 6.51. The Kier molecular flexibility index (Phi) is 1.80. The van der Waals surface area contributed by atoms with Crippen LogP contribution in [0.4, 0.5) is 8.78 Å². The quantitative estimate of drug-likeness (QED) is 0.682. The molecule has 74 valence electrons. The van der Waals surface area contributed by atoms with Gasteiger partial charge in [-0.25, -0.2) is 8.78 Å². The van der Waals surface area contributed by atoms with Gasteiger partial charge < -0.3 is 5.32 Å². The Morgan fingerprint density at radius 1 is 1.43 bits per heavy atom. The summed E-state index contributed by atoms with van der Waals surface area (Å²) in [4.78, 5) is 10.8. The molecule has 4 heteroatoms. The van der Waals surface area contributed by atoms with Crippen LogP contribution in [0, 0.1) is 11.6 Å². The smallest absolute Gasteiger partial charge is 0.223 e. The van der Waals surface area contributed by atoms with E-state index in [1.54, 1.807) is 6.92 Å². The highest BCUT2D eigenvalue weighted by atomic mass is 19.1. The van der Waals surface area contributed by atoms with Crippen molar-refractivity contribution in [2.75, 3.05) is 0 Å². The normalized spacial score (nSPS) is 25.5. The molecule has 2 rings (SSSR count). The molecule has 0 spiro atoms. The van der Waals surface area contributed by atoms with Gasteiger partial charge in [-0.3, -0.25) is 4.79 Å². The highest BCUT2D eigenvalue weighted by Crippen LogP contribution is 2.33. The zero-order valence-electron chi connectivity index (χ0n) is 7.60. The van der Waals surface area contributed by atoms with Gasteiger partial charge in [0.1, 0.15) is 11.6 Å². The number of β-lactam (4-membered cyclic amide) rings is 1. The third-order valence-electron chi connectivity index (χ3n) is 2.46. The van der Waals surface area contributed by atoms with Crippen molar-refractivity contribution in [3.63, 3.8) is 0 Å². The molecule has 1 saturated heterocycles. The standard InChI is InChI=1S/C10H9F2NO/c1-10(5-9(14)13-10)7-3-2-6(11)4-8(7)12/h2-4H,5H2,1H3,(H,13,14). The molecular formula is C10H9F2NO. The van der Waals surface area contributed by atoms with Crippen molar-refractivity contribution in [1.29, 1.82) is 0 Å². The van der Waals surface area contributed by atoms with E-state index >= 15 is 0 Å². The predicted octanol–water partition coefficient (Wildman–Crippen LogP) is 1.70. The molecule has 1 aromatic rings. The largest absolute Gasteiger partial charge is 0.346 e. The monoisotopic (exact) mass is 197 g/mol. The summed E-state index contributed by atoms with van der Waals surface area (Å²) in [5, 5.41) is 2.59. The molecule has 1 heterocycles. The fourth-order valence-corrected chi connectivity index (χ4v) is 1.71. The van der Waals surface area contributed by atoms with Gasteiger partial charge in [0.15, 0.2) is 0 Å². The van der Waals surface area contributed by atoms with Crippen LogP contribution in [0.25, 0.3) is 0 Å². The van der Waals surface area contributed by atoms with Crippen LogP contribution in [-0.2, 0) is 10.3 Å². The highest BCUT2D eigenvalue weighted by Gasteiger charge is 2.41. The molecule has 0 aliphatic carbocycles. The molecule has 1 aliphatic heterocycles. The van der Waals surface area contributed by atoms with Gasteiger partial charge in [0, 0.05) is 11.6 Å². The van der Waals surface area contributed by atoms with Crippen molar-refractivity contribution in [1.82, 2.24) is 5.32 Å². The Morgan fingerprint density at radius 3 is 2.57 bits per heavy atom. The van der Waals surface area contributed by atoms with Crippen molar-refractivity contribution in [3.05, 3.63) is 35.4 Å². The second-order valence-electron chi connectivity index (χ2n) is 3.68. The van der Waals surface area contributed by atoms with Gasteiger partial charge >= 0.3 is 0 Å². The highest BCUT2D eigenvalue weighted by molar-refractivity contribution is 5.85. The molecular weight excluding hydrogens is 188 g/mol. The van der Waals surface area contributed by atoms with Crippen LogP contribution < -0.4 is 5.32 Å². The number of rotatable bonds is 1. The second kappa shape index (κ2) is 2.77. The van der Waals surface area contributed by atoms with E-state index in [1.807, 2.05) is 0 Å². The minimum absolute atomic E-state index is 0.115. The van der Waals surface area contributed by atoms with E-state index in [0.717, 1.165) is 6.07 Å². The number of carbonyl (C=O) groups is 1. The first-order valence-corrected chi connectivity index (χ1v) is 4.28. The van der Waals surface area contributed by atoms with Crippen LogP contribution >= 0.6 is 0 Å². The minimum Gasteiger partial charge on any atom is -0.346 e. The third-order valence-corrected chi connectivity index (χ3v) is 2.46. The SMILES string of the molecule is CC1(c2ccc(F)cc2F)CC(=O)N1. The summed E-state index contributed by atoms with van der Waals surface area (Å²) in [5.41, 5.74) is -0.340. The average molecular weight is 197 g/mol. The van der Waals surface area contributed by atoms with Crippen LogP contribution in [0.1, 0.15) is 18.9 Å². The van der Waals surface area contributed by atoms with Crippen LogP contribution in [0.5, 0.6) is 0 Å². The zero-order valence-corrected chi connectivity index (χ0v) is 7.60. The number of hydrogen-bond donors (Lipinski definition) is 1. The first kappa shape index (κ1) is 9.12. The molecule has 1 unspecified atom stereocenters. The summed E-state index contributed by atoms with van der Waals surface area (Å²) in [6.45, 7) is 1.71. The van der Waals surface area contributed by atoms with Crippen LogP contribution in [-0.4, -0.2) is 5.91 Å². The van der Waals surface area contributed by atoms with Crippen molar-refractivity contribution in [3.8, 4) is 0 Å². The summed E-state index contributed by atoms with van der Waals surface area (Å²) in [6.07, 6.45) is 0.246. The second-order valence-corrected chi connectivity index (χ2v) is 3.68. The maximum Gasteiger partial charge on any atom is 0.223 e. The molecule has 1 fully saturated rings. The van der Waals surface area contributed by atoms with E-state index in [2.05, 4.69) is 5.32 Å². The number of amides is 1. The van der Waals surface area contributed by atoms with Gasteiger partial charge in [0.25, 0.3) is 0 Å². The van der Waals surface area contributed by atoms with Gasteiger partial charge in [-0.2, -0.15) is 0 Å². The van der Waals surface area contributed by atoms with Crippen molar-refractivity contribution < 1.29 is 13.6 Å². The number of nitrogens with one attached hydrogen (secondary N) is 1.